The average Bonchev–Trinajstić information content (AvgIpc) is 2.50. The molecule has 0 aromatic rings. The van der Waals surface area contributed by atoms with E-state index in [2.05, 4.69) is 0 Å². The Bertz CT molecular complexity index is 483. The highest BCUT2D eigenvalue weighted by Crippen LogP contribution is 2.53. The molecular weight excluding hydrogens is 320 g/mol. The summed E-state index contributed by atoms with van der Waals surface area (Å²) in [5, 5.41) is 50.0. The second-order valence-corrected chi connectivity index (χ2v) is 7.98. The summed E-state index contributed by atoms with van der Waals surface area (Å²) in [7, 11) is 0. The Morgan fingerprint density at radius 2 is 1.71 bits per heavy atom. The van der Waals surface area contributed by atoms with E-state index in [0.717, 1.165) is 0 Å². The Kier molecular flexibility index (Phi) is 4.50. The van der Waals surface area contributed by atoms with Gasteiger partial charge in [0.2, 0.25) is 0 Å². The van der Waals surface area contributed by atoms with E-state index >= 15 is 0 Å². The summed E-state index contributed by atoms with van der Waals surface area (Å²) in [5.41, 5.74) is -2.43. The molecule has 0 spiro atoms. The molecule has 0 radical (unpaired) electrons. The van der Waals surface area contributed by atoms with Gasteiger partial charge >= 0.3 is 0 Å². The lowest BCUT2D eigenvalue weighted by Crippen LogP contribution is -2.72. The van der Waals surface area contributed by atoms with Crippen LogP contribution in [0, 0.1) is 0 Å². The molecule has 3 saturated heterocycles. The number of rotatable bonds is 3. The van der Waals surface area contributed by atoms with Gasteiger partial charge in [0.05, 0.1) is 29.5 Å². The Labute approximate surface area is 141 Å². The zero-order chi connectivity index (χ0) is 17.9. The van der Waals surface area contributed by atoms with Crippen molar-refractivity contribution in [3.63, 3.8) is 0 Å². The minimum atomic E-state index is -1.49. The van der Waals surface area contributed by atoms with Crippen molar-refractivity contribution in [3.8, 4) is 0 Å². The van der Waals surface area contributed by atoms with Crippen LogP contribution in [0.3, 0.4) is 0 Å². The number of ether oxygens (including phenoxy) is 3. The number of aliphatic hydroxyl groups excluding tert-OH is 4. The molecule has 8 nitrogen and oxygen atoms in total. The molecule has 3 aliphatic heterocycles. The third-order valence-electron chi connectivity index (χ3n) is 5.99. The summed E-state index contributed by atoms with van der Waals surface area (Å²) >= 11 is 0. The lowest BCUT2D eigenvalue weighted by molar-refractivity contribution is -0.377. The Balaban J connectivity index is 1.76. The van der Waals surface area contributed by atoms with Crippen molar-refractivity contribution < 1.29 is 39.7 Å². The van der Waals surface area contributed by atoms with E-state index in [1.807, 2.05) is 20.8 Å². The number of aliphatic hydroxyl groups is 5. The smallest absolute Gasteiger partial charge is 0.187 e. The van der Waals surface area contributed by atoms with E-state index < -0.39 is 60.2 Å². The molecule has 4 fully saturated rings. The molecule has 5 N–H and O–H groups in total. The molecule has 0 aromatic heterocycles. The van der Waals surface area contributed by atoms with Crippen LogP contribution in [0.4, 0.5) is 0 Å². The highest BCUT2D eigenvalue weighted by molar-refractivity contribution is 5.12. The van der Waals surface area contributed by atoms with Gasteiger partial charge in [-0.25, -0.2) is 0 Å². The van der Waals surface area contributed by atoms with Crippen LogP contribution in [-0.4, -0.2) is 85.8 Å². The quantitative estimate of drug-likeness (QED) is 0.424. The van der Waals surface area contributed by atoms with Crippen molar-refractivity contribution in [3.05, 3.63) is 0 Å². The Hall–Kier alpha value is -0.320. The molecule has 2 bridgehead atoms. The van der Waals surface area contributed by atoms with Crippen molar-refractivity contribution in [2.24, 2.45) is 0 Å². The third-order valence-corrected chi connectivity index (χ3v) is 5.99. The van der Waals surface area contributed by atoms with Gasteiger partial charge in [-0.1, -0.05) is 0 Å². The van der Waals surface area contributed by atoms with E-state index in [1.54, 1.807) is 0 Å². The highest BCUT2D eigenvalue weighted by Gasteiger charge is 2.63. The fourth-order valence-corrected chi connectivity index (χ4v) is 4.12. The van der Waals surface area contributed by atoms with Crippen molar-refractivity contribution in [2.75, 3.05) is 6.61 Å². The molecule has 3 heterocycles. The fraction of sp³-hybridized carbons (Fsp3) is 1.00. The second-order valence-electron chi connectivity index (χ2n) is 7.98. The fourth-order valence-electron chi connectivity index (χ4n) is 4.12. The topological polar surface area (TPSA) is 129 Å². The minimum absolute atomic E-state index is 0.311. The standard InChI is InChI=1S/C16H28O8/c1-14(2)16(21)5-4-15(3,24-14)9(6-16)23-13-12(20)11(19)10(18)8(7-17)22-13/h8-13,17-21H,4-7H2,1-3H3/t8-,9-,10-,11+,12-,13+,15+,16+/m1/s1. The van der Waals surface area contributed by atoms with Crippen LogP contribution in [0.1, 0.15) is 40.0 Å². The summed E-state index contributed by atoms with van der Waals surface area (Å²) in [6, 6.07) is 0. The van der Waals surface area contributed by atoms with Crippen LogP contribution in [0.5, 0.6) is 0 Å². The van der Waals surface area contributed by atoms with Gasteiger partial charge in [-0.3, -0.25) is 0 Å². The number of hydrogen-bond acceptors (Lipinski definition) is 8. The first-order valence-corrected chi connectivity index (χ1v) is 8.41. The Morgan fingerprint density at radius 3 is 2.29 bits per heavy atom. The van der Waals surface area contributed by atoms with Crippen molar-refractivity contribution in [1.29, 1.82) is 0 Å². The van der Waals surface area contributed by atoms with Crippen LogP contribution in [0.2, 0.25) is 0 Å². The molecule has 24 heavy (non-hydrogen) atoms. The molecule has 1 aliphatic carbocycles. The minimum Gasteiger partial charge on any atom is -0.394 e. The third kappa shape index (κ3) is 2.69. The van der Waals surface area contributed by atoms with Gasteiger partial charge in [0.15, 0.2) is 6.29 Å². The lowest BCUT2D eigenvalue weighted by atomic mass is 9.64. The van der Waals surface area contributed by atoms with Crippen molar-refractivity contribution in [1.82, 2.24) is 0 Å². The maximum Gasteiger partial charge on any atom is 0.187 e. The molecular formula is C16H28O8. The highest BCUT2D eigenvalue weighted by atomic mass is 16.7. The normalized spacial score (nSPS) is 54.0. The summed E-state index contributed by atoms with van der Waals surface area (Å²) in [5.74, 6) is 0. The summed E-state index contributed by atoms with van der Waals surface area (Å²) in [4.78, 5) is 0. The van der Waals surface area contributed by atoms with Crippen LogP contribution in [0.25, 0.3) is 0 Å². The van der Waals surface area contributed by atoms with Crippen LogP contribution >= 0.6 is 0 Å². The number of fused-ring (bicyclic) bond motifs is 3. The second kappa shape index (κ2) is 5.85. The maximum absolute atomic E-state index is 10.9. The SMILES string of the molecule is CC1(C)O[C@@]2(C)CC[C@]1(O)C[C@H]2O[C@@H]1O[C@H](CO)[C@@H](O)[C@H](O)[C@H]1O. The zero-order valence-corrected chi connectivity index (χ0v) is 14.3. The van der Waals surface area contributed by atoms with Crippen LogP contribution in [-0.2, 0) is 14.2 Å². The average molecular weight is 348 g/mol. The van der Waals surface area contributed by atoms with Gasteiger partial charge in [0.1, 0.15) is 24.4 Å². The van der Waals surface area contributed by atoms with Gasteiger partial charge < -0.3 is 39.7 Å². The largest absolute Gasteiger partial charge is 0.394 e. The van der Waals surface area contributed by atoms with Crippen molar-refractivity contribution in [2.45, 2.75) is 93.6 Å². The first-order valence-electron chi connectivity index (χ1n) is 8.41. The Morgan fingerprint density at radius 1 is 1.04 bits per heavy atom. The molecule has 1 saturated carbocycles. The molecule has 0 amide bonds. The van der Waals surface area contributed by atoms with E-state index in [1.165, 1.54) is 0 Å². The first-order chi connectivity index (χ1) is 11.0. The monoisotopic (exact) mass is 348 g/mol. The van der Waals surface area contributed by atoms with Crippen LogP contribution in [0.15, 0.2) is 0 Å². The first kappa shape index (κ1) is 18.5. The molecule has 4 aliphatic rings. The molecule has 0 unspecified atom stereocenters. The predicted octanol–water partition coefficient (Wildman–Crippen LogP) is -1.35. The van der Waals surface area contributed by atoms with Gasteiger partial charge in [0, 0.05) is 6.42 Å². The lowest BCUT2D eigenvalue weighted by Gasteiger charge is -2.62. The predicted molar refractivity (Wildman–Crippen MR) is 81.0 cm³/mol. The van der Waals surface area contributed by atoms with Crippen molar-refractivity contribution >= 4 is 0 Å². The maximum atomic E-state index is 10.9. The molecule has 140 valence electrons. The van der Waals surface area contributed by atoms with E-state index in [0.29, 0.717) is 19.3 Å². The van der Waals surface area contributed by atoms with Gasteiger partial charge in [-0.05, 0) is 33.6 Å². The molecule has 4 rings (SSSR count). The molecule has 8 atom stereocenters. The van der Waals surface area contributed by atoms with E-state index in [9.17, 15) is 25.5 Å². The molecule has 8 heteroatoms. The van der Waals surface area contributed by atoms with E-state index in [4.69, 9.17) is 14.2 Å². The summed E-state index contributed by atoms with van der Waals surface area (Å²) < 4.78 is 17.3. The molecule has 0 aromatic carbocycles. The van der Waals surface area contributed by atoms with Gasteiger partial charge in [-0.2, -0.15) is 0 Å². The van der Waals surface area contributed by atoms with Gasteiger partial charge in [-0.15, -0.1) is 0 Å². The van der Waals surface area contributed by atoms with E-state index in [-0.39, 0.29) is 0 Å². The summed E-state index contributed by atoms with van der Waals surface area (Å²) in [6.07, 6.45) is -5.69. The zero-order valence-electron chi connectivity index (χ0n) is 14.3. The van der Waals surface area contributed by atoms with Gasteiger partial charge in [0.25, 0.3) is 0 Å². The van der Waals surface area contributed by atoms with Crippen LogP contribution < -0.4 is 0 Å². The number of hydrogen-bond donors (Lipinski definition) is 5. The summed E-state index contributed by atoms with van der Waals surface area (Å²) in [6.45, 7) is 5.06.